The van der Waals surface area contributed by atoms with Crippen molar-refractivity contribution in [1.82, 2.24) is 5.32 Å². The largest absolute Gasteiger partial charge is 0.447 e. The van der Waals surface area contributed by atoms with Gasteiger partial charge in [0.1, 0.15) is 6.61 Å². The minimum atomic E-state index is -0.349. The average Bonchev–Trinajstić information content (AvgIpc) is 2.24. The van der Waals surface area contributed by atoms with Crippen molar-refractivity contribution in [3.8, 4) is 0 Å². The van der Waals surface area contributed by atoms with Crippen LogP contribution in [0.5, 0.6) is 0 Å². The summed E-state index contributed by atoms with van der Waals surface area (Å²) in [6, 6.07) is 0. The van der Waals surface area contributed by atoms with E-state index in [1.165, 1.54) is 0 Å². The zero-order valence-electron chi connectivity index (χ0n) is 10.0. The summed E-state index contributed by atoms with van der Waals surface area (Å²) in [5.41, 5.74) is 0. The number of carbonyl (C=O) groups is 1. The van der Waals surface area contributed by atoms with Gasteiger partial charge in [-0.15, -0.1) is 0 Å². The molecule has 1 unspecified atom stereocenters. The number of ether oxygens (including phenoxy) is 2. The van der Waals surface area contributed by atoms with Gasteiger partial charge in [-0.3, -0.25) is 0 Å². The molecule has 0 fully saturated rings. The van der Waals surface area contributed by atoms with E-state index in [0.29, 0.717) is 32.3 Å². The second-order valence-corrected chi connectivity index (χ2v) is 3.56. The first-order valence-corrected chi connectivity index (χ1v) is 5.69. The molecule has 0 aliphatic carbocycles. The molecule has 0 aromatic rings. The predicted octanol–water partition coefficient (Wildman–Crippen LogP) is 2.19. The van der Waals surface area contributed by atoms with E-state index in [-0.39, 0.29) is 6.09 Å². The van der Waals surface area contributed by atoms with Crippen molar-refractivity contribution in [3.63, 3.8) is 0 Å². The lowest BCUT2D eigenvalue weighted by Gasteiger charge is -2.09. The molecule has 0 bridgehead atoms. The van der Waals surface area contributed by atoms with Crippen molar-refractivity contribution < 1.29 is 14.3 Å². The Bertz CT molecular complexity index is 162. The Kier molecular flexibility index (Phi) is 9.27. The van der Waals surface area contributed by atoms with Gasteiger partial charge in [0.2, 0.25) is 0 Å². The van der Waals surface area contributed by atoms with Crippen molar-refractivity contribution in [1.29, 1.82) is 0 Å². The zero-order chi connectivity index (χ0) is 11.5. The number of hydrogen-bond donors (Lipinski definition) is 1. The molecule has 0 saturated heterocycles. The normalized spacial score (nSPS) is 12.2. The summed E-state index contributed by atoms with van der Waals surface area (Å²) in [4.78, 5) is 11.1. The third-order valence-electron chi connectivity index (χ3n) is 2.27. The molecule has 0 aromatic carbocycles. The highest BCUT2D eigenvalue weighted by Crippen LogP contribution is 2.04. The van der Waals surface area contributed by atoms with E-state index in [4.69, 9.17) is 9.47 Å². The van der Waals surface area contributed by atoms with Gasteiger partial charge in [-0.1, -0.05) is 20.3 Å². The fourth-order valence-electron chi connectivity index (χ4n) is 1.01. The number of nitrogens with one attached hydrogen (secondary N) is 1. The highest BCUT2D eigenvalue weighted by atomic mass is 16.6. The van der Waals surface area contributed by atoms with Crippen LogP contribution in [0.25, 0.3) is 0 Å². The fourth-order valence-corrected chi connectivity index (χ4v) is 1.01. The average molecular weight is 217 g/mol. The summed E-state index contributed by atoms with van der Waals surface area (Å²) in [7, 11) is 0. The van der Waals surface area contributed by atoms with Crippen LogP contribution in [-0.2, 0) is 9.47 Å². The molecular formula is C11H23NO3. The molecule has 15 heavy (non-hydrogen) atoms. The minimum Gasteiger partial charge on any atom is -0.447 e. The van der Waals surface area contributed by atoms with Crippen molar-refractivity contribution in [2.45, 2.75) is 33.6 Å². The highest BCUT2D eigenvalue weighted by molar-refractivity contribution is 5.66. The lowest BCUT2D eigenvalue weighted by molar-refractivity contribution is 0.0787. The first-order chi connectivity index (χ1) is 7.20. The van der Waals surface area contributed by atoms with E-state index < -0.39 is 0 Å². The maximum atomic E-state index is 11.1. The maximum Gasteiger partial charge on any atom is 0.407 e. The number of hydrogen-bond acceptors (Lipinski definition) is 3. The van der Waals surface area contributed by atoms with E-state index in [1.54, 1.807) is 0 Å². The molecule has 0 aliphatic rings. The smallest absolute Gasteiger partial charge is 0.407 e. The molecule has 0 heterocycles. The molecule has 0 aromatic heterocycles. The Morgan fingerprint density at radius 1 is 1.33 bits per heavy atom. The molecule has 0 rings (SSSR count). The SMILES string of the molecule is CCOCCOC(=O)NCCC(C)CC. The molecular weight excluding hydrogens is 194 g/mol. The van der Waals surface area contributed by atoms with Crippen LogP contribution < -0.4 is 5.32 Å². The van der Waals surface area contributed by atoms with Gasteiger partial charge < -0.3 is 14.8 Å². The van der Waals surface area contributed by atoms with Gasteiger partial charge in [0.25, 0.3) is 0 Å². The van der Waals surface area contributed by atoms with Gasteiger partial charge in [-0.25, -0.2) is 4.79 Å². The number of amides is 1. The quantitative estimate of drug-likeness (QED) is 0.634. The Morgan fingerprint density at radius 2 is 2.07 bits per heavy atom. The van der Waals surface area contributed by atoms with Crippen LogP contribution in [0.2, 0.25) is 0 Å². The summed E-state index contributed by atoms with van der Waals surface area (Å²) < 4.78 is 9.92. The van der Waals surface area contributed by atoms with E-state index in [1.807, 2.05) is 6.92 Å². The maximum absolute atomic E-state index is 11.1. The molecule has 1 N–H and O–H groups in total. The first kappa shape index (κ1) is 14.2. The Morgan fingerprint density at radius 3 is 2.67 bits per heavy atom. The zero-order valence-corrected chi connectivity index (χ0v) is 10.0. The van der Waals surface area contributed by atoms with Crippen LogP contribution >= 0.6 is 0 Å². The predicted molar refractivity (Wildman–Crippen MR) is 59.9 cm³/mol. The molecule has 1 atom stereocenters. The van der Waals surface area contributed by atoms with Crippen LogP contribution in [0.4, 0.5) is 4.79 Å². The first-order valence-electron chi connectivity index (χ1n) is 5.69. The molecule has 0 saturated carbocycles. The Hall–Kier alpha value is -0.770. The van der Waals surface area contributed by atoms with Crippen molar-refractivity contribution in [2.75, 3.05) is 26.4 Å². The van der Waals surface area contributed by atoms with E-state index in [0.717, 1.165) is 12.8 Å². The lowest BCUT2D eigenvalue weighted by Crippen LogP contribution is -2.27. The van der Waals surface area contributed by atoms with Gasteiger partial charge in [0, 0.05) is 13.2 Å². The van der Waals surface area contributed by atoms with Crippen LogP contribution in [0.1, 0.15) is 33.6 Å². The molecule has 0 spiro atoms. The van der Waals surface area contributed by atoms with Gasteiger partial charge in [0.05, 0.1) is 6.61 Å². The van der Waals surface area contributed by atoms with E-state index in [2.05, 4.69) is 19.2 Å². The third kappa shape index (κ3) is 9.53. The van der Waals surface area contributed by atoms with Crippen molar-refractivity contribution in [3.05, 3.63) is 0 Å². The summed E-state index contributed by atoms with van der Waals surface area (Å²) in [5.74, 6) is 0.647. The summed E-state index contributed by atoms with van der Waals surface area (Å²) in [5, 5.41) is 2.71. The second kappa shape index (κ2) is 9.77. The van der Waals surface area contributed by atoms with Gasteiger partial charge in [-0.2, -0.15) is 0 Å². The van der Waals surface area contributed by atoms with Crippen LogP contribution in [0, 0.1) is 5.92 Å². The molecule has 90 valence electrons. The van der Waals surface area contributed by atoms with Crippen molar-refractivity contribution in [2.24, 2.45) is 5.92 Å². The number of alkyl carbamates (subject to hydrolysis) is 1. The second-order valence-electron chi connectivity index (χ2n) is 3.56. The van der Waals surface area contributed by atoms with Gasteiger partial charge >= 0.3 is 6.09 Å². The van der Waals surface area contributed by atoms with E-state index >= 15 is 0 Å². The van der Waals surface area contributed by atoms with Gasteiger partial charge in [0.15, 0.2) is 0 Å². The Labute approximate surface area is 92.3 Å². The lowest BCUT2D eigenvalue weighted by atomic mass is 10.1. The molecule has 4 heteroatoms. The summed E-state index contributed by atoms with van der Waals surface area (Å²) in [6.45, 7) is 8.35. The summed E-state index contributed by atoms with van der Waals surface area (Å²) >= 11 is 0. The topological polar surface area (TPSA) is 47.6 Å². The molecule has 0 radical (unpaired) electrons. The highest BCUT2D eigenvalue weighted by Gasteiger charge is 2.02. The third-order valence-corrected chi connectivity index (χ3v) is 2.27. The molecule has 4 nitrogen and oxygen atoms in total. The molecule has 0 aliphatic heterocycles. The van der Waals surface area contributed by atoms with Crippen LogP contribution in [0.3, 0.4) is 0 Å². The monoisotopic (exact) mass is 217 g/mol. The van der Waals surface area contributed by atoms with Gasteiger partial charge in [-0.05, 0) is 19.3 Å². The van der Waals surface area contributed by atoms with E-state index in [9.17, 15) is 4.79 Å². The Balaban J connectivity index is 3.26. The minimum absolute atomic E-state index is 0.322. The van der Waals surface area contributed by atoms with Crippen LogP contribution in [-0.4, -0.2) is 32.5 Å². The summed E-state index contributed by atoms with van der Waals surface area (Å²) in [6.07, 6.45) is 1.79. The van der Waals surface area contributed by atoms with Crippen LogP contribution in [0.15, 0.2) is 0 Å². The standard InChI is InChI=1S/C11H23NO3/c1-4-10(3)6-7-12-11(13)15-9-8-14-5-2/h10H,4-9H2,1-3H3,(H,12,13). The van der Waals surface area contributed by atoms with Crippen molar-refractivity contribution >= 4 is 6.09 Å². The molecule has 1 amide bonds. The fraction of sp³-hybridized carbons (Fsp3) is 0.909. The number of carbonyl (C=O) groups excluding carboxylic acids is 1. The number of rotatable bonds is 8.